The zero-order chi connectivity index (χ0) is 21.8. The van der Waals surface area contributed by atoms with Gasteiger partial charge in [0.15, 0.2) is 16.8 Å². The van der Waals surface area contributed by atoms with Crippen molar-refractivity contribution in [2.24, 2.45) is 0 Å². The molecule has 1 unspecified atom stereocenters. The molecular formula is C23H24ClN3O3S. The van der Waals surface area contributed by atoms with Gasteiger partial charge >= 0.3 is 0 Å². The molecule has 0 bridgehead atoms. The number of hydrogen-bond donors (Lipinski definition) is 0. The Morgan fingerprint density at radius 2 is 2.06 bits per heavy atom. The summed E-state index contributed by atoms with van der Waals surface area (Å²) in [6.45, 7) is 3.05. The summed E-state index contributed by atoms with van der Waals surface area (Å²) in [6.07, 6.45) is 2.24. The van der Waals surface area contributed by atoms with Crippen LogP contribution in [0.4, 0.5) is 0 Å². The molecule has 1 fully saturated rings. The van der Waals surface area contributed by atoms with Gasteiger partial charge in [0, 0.05) is 34.1 Å². The number of ketones is 1. The number of rotatable bonds is 8. The molecule has 0 radical (unpaired) electrons. The summed E-state index contributed by atoms with van der Waals surface area (Å²) in [5.41, 5.74) is 2.57. The number of ether oxygens (including phenoxy) is 2. The minimum absolute atomic E-state index is 0.0282. The second-order valence-corrected chi connectivity index (χ2v) is 8.81. The number of nitrogens with zero attached hydrogens (tertiary/aromatic N) is 3. The average molecular weight is 458 g/mol. The molecule has 0 spiro atoms. The number of carbonyl (C=O) groups excluding carboxylic acids is 1. The second-order valence-electron chi connectivity index (χ2n) is 7.43. The van der Waals surface area contributed by atoms with Crippen molar-refractivity contribution in [3.05, 3.63) is 58.6 Å². The van der Waals surface area contributed by atoms with Gasteiger partial charge in [0.2, 0.25) is 0 Å². The number of aromatic nitrogens is 3. The molecule has 1 atom stereocenters. The zero-order valence-corrected chi connectivity index (χ0v) is 19.1. The van der Waals surface area contributed by atoms with Crippen LogP contribution in [0.5, 0.6) is 5.75 Å². The van der Waals surface area contributed by atoms with Crippen LogP contribution in [0.3, 0.4) is 0 Å². The highest BCUT2D eigenvalue weighted by molar-refractivity contribution is 7.98. The fourth-order valence-corrected chi connectivity index (χ4v) is 4.67. The molecular weight excluding hydrogens is 434 g/mol. The van der Waals surface area contributed by atoms with Gasteiger partial charge < -0.3 is 9.47 Å². The van der Waals surface area contributed by atoms with Crippen LogP contribution in [0, 0.1) is 0 Å². The lowest BCUT2D eigenvalue weighted by Crippen LogP contribution is -2.16. The van der Waals surface area contributed by atoms with Crippen LogP contribution >= 0.6 is 23.4 Å². The molecule has 4 rings (SSSR count). The van der Waals surface area contributed by atoms with E-state index in [-0.39, 0.29) is 11.9 Å². The average Bonchev–Trinajstić information content (AvgIpc) is 3.43. The number of hydrogen-bond acceptors (Lipinski definition) is 6. The third kappa shape index (κ3) is 5.11. The fourth-order valence-electron chi connectivity index (χ4n) is 3.62. The van der Waals surface area contributed by atoms with E-state index in [1.165, 1.54) is 0 Å². The van der Waals surface area contributed by atoms with Gasteiger partial charge in [-0.15, -0.1) is 10.2 Å². The Morgan fingerprint density at radius 1 is 1.26 bits per heavy atom. The Balaban J connectivity index is 1.62. The summed E-state index contributed by atoms with van der Waals surface area (Å²) in [5, 5.41) is 10.4. The minimum atomic E-state index is 0.0282. The maximum absolute atomic E-state index is 11.8. The lowest BCUT2D eigenvalue weighted by Gasteiger charge is -2.15. The summed E-state index contributed by atoms with van der Waals surface area (Å²) in [4.78, 5) is 11.8. The molecule has 1 saturated heterocycles. The van der Waals surface area contributed by atoms with E-state index in [0.29, 0.717) is 22.9 Å². The summed E-state index contributed by atoms with van der Waals surface area (Å²) in [6, 6.07) is 13.1. The molecule has 3 aromatic rings. The van der Waals surface area contributed by atoms with Gasteiger partial charge in [-0.25, -0.2) is 0 Å². The lowest BCUT2D eigenvalue weighted by atomic mass is 10.1. The predicted molar refractivity (Wildman–Crippen MR) is 122 cm³/mol. The maximum Gasteiger partial charge on any atom is 0.191 e. The lowest BCUT2D eigenvalue weighted by molar-refractivity contribution is 0.0953. The van der Waals surface area contributed by atoms with Gasteiger partial charge in [-0.05, 0) is 62.2 Å². The highest BCUT2D eigenvalue weighted by Crippen LogP contribution is 2.31. The topological polar surface area (TPSA) is 66.2 Å². The number of thioether (sulfide) groups is 1. The number of carbonyl (C=O) groups is 1. The first-order valence-corrected chi connectivity index (χ1v) is 11.5. The van der Waals surface area contributed by atoms with Gasteiger partial charge in [-0.2, -0.15) is 0 Å². The van der Waals surface area contributed by atoms with Gasteiger partial charge in [0.25, 0.3) is 0 Å². The van der Waals surface area contributed by atoms with Crippen LogP contribution in [0.1, 0.15) is 35.7 Å². The molecule has 0 amide bonds. The molecule has 31 heavy (non-hydrogen) atoms. The third-order valence-electron chi connectivity index (χ3n) is 5.27. The van der Waals surface area contributed by atoms with Crippen molar-refractivity contribution in [2.75, 3.05) is 13.7 Å². The van der Waals surface area contributed by atoms with Crippen LogP contribution in [0.15, 0.2) is 47.6 Å². The number of halogens is 1. The van der Waals surface area contributed by atoms with Crippen molar-refractivity contribution in [3.63, 3.8) is 0 Å². The van der Waals surface area contributed by atoms with Crippen LogP contribution in [-0.2, 0) is 17.0 Å². The van der Waals surface area contributed by atoms with Crippen molar-refractivity contribution < 1.29 is 14.3 Å². The SMILES string of the molecule is COc1ccc(C(C)=O)cc1CSc1nnc(-c2ccc(Cl)cc2)n1CC1CCCO1. The van der Waals surface area contributed by atoms with E-state index in [4.69, 9.17) is 21.1 Å². The van der Waals surface area contributed by atoms with Crippen molar-refractivity contribution in [3.8, 4) is 17.1 Å². The molecule has 0 N–H and O–H groups in total. The molecule has 1 aromatic heterocycles. The molecule has 6 nitrogen and oxygen atoms in total. The van der Waals surface area contributed by atoms with Crippen LogP contribution in [0.2, 0.25) is 5.02 Å². The summed E-state index contributed by atoms with van der Waals surface area (Å²) >= 11 is 7.63. The van der Waals surface area contributed by atoms with E-state index >= 15 is 0 Å². The van der Waals surface area contributed by atoms with Crippen LogP contribution in [-0.4, -0.2) is 40.4 Å². The first kappa shape index (κ1) is 21.9. The monoisotopic (exact) mass is 457 g/mol. The van der Waals surface area contributed by atoms with E-state index in [2.05, 4.69) is 14.8 Å². The van der Waals surface area contributed by atoms with Crippen LogP contribution < -0.4 is 4.74 Å². The Hall–Kier alpha value is -2.35. The van der Waals surface area contributed by atoms with E-state index in [1.807, 2.05) is 36.4 Å². The van der Waals surface area contributed by atoms with Gasteiger partial charge in [-0.3, -0.25) is 9.36 Å². The molecule has 1 aliphatic rings. The molecule has 0 aliphatic carbocycles. The highest BCUT2D eigenvalue weighted by atomic mass is 35.5. The summed E-state index contributed by atoms with van der Waals surface area (Å²) in [7, 11) is 1.63. The molecule has 2 heterocycles. The molecule has 8 heteroatoms. The van der Waals surface area contributed by atoms with Crippen molar-refractivity contribution in [1.29, 1.82) is 0 Å². The summed E-state index contributed by atoms with van der Waals surface area (Å²) < 4.78 is 13.5. The van der Waals surface area contributed by atoms with Crippen molar-refractivity contribution in [1.82, 2.24) is 14.8 Å². The quantitative estimate of drug-likeness (QED) is 0.338. The highest BCUT2D eigenvalue weighted by Gasteiger charge is 2.22. The molecule has 0 saturated carbocycles. The van der Waals surface area contributed by atoms with E-state index in [9.17, 15) is 4.79 Å². The number of benzene rings is 2. The van der Waals surface area contributed by atoms with E-state index in [1.54, 1.807) is 31.9 Å². The normalized spacial score (nSPS) is 15.9. The zero-order valence-electron chi connectivity index (χ0n) is 17.5. The van der Waals surface area contributed by atoms with E-state index in [0.717, 1.165) is 47.3 Å². The van der Waals surface area contributed by atoms with Crippen molar-refractivity contribution in [2.45, 2.75) is 43.3 Å². The van der Waals surface area contributed by atoms with Crippen LogP contribution in [0.25, 0.3) is 11.4 Å². The predicted octanol–water partition coefficient (Wildman–Crippen LogP) is 5.28. The molecule has 2 aromatic carbocycles. The molecule has 1 aliphatic heterocycles. The third-order valence-corrected chi connectivity index (χ3v) is 6.54. The number of methoxy groups -OCH3 is 1. The van der Waals surface area contributed by atoms with E-state index < -0.39 is 0 Å². The number of Topliss-reactive ketones (excluding diaryl/α,β-unsaturated/α-hetero) is 1. The van der Waals surface area contributed by atoms with Crippen molar-refractivity contribution >= 4 is 29.1 Å². The maximum atomic E-state index is 11.8. The summed E-state index contributed by atoms with van der Waals surface area (Å²) in [5.74, 6) is 2.18. The largest absolute Gasteiger partial charge is 0.496 e. The van der Waals surface area contributed by atoms with Gasteiger partial charge in [0.1, 0.15) is 5.75 Å². The standard InChI is InChI=1S/C23H24ClN3O3S/c1-15(28)17-7-10-21(29-2)18(12-17)14-31-23-26-25-22(16-5-8-19(24)9-6-16)27(23)13-20-4-3-11-30-20/h5-10,12,20H,3-4,11,13-14H2,1-2H3. The second kappa shape index (κ2) is 9.85. The van der Waals surface area contributed by atoms with Gasteiger partial charge in [0.05, 0.1) is 19.8 Å². The Bertz CT molecular complexity index is 1060. The first-order chi connectivity index (χ1) is 15.0. The smallest absolute Gasteiger partial charge is 0.191 e. The fraction of sp³-hybridized carbons (Fsp3) is 0.348. The Labute approximate surface area is 190 Å². The minimum Gasteiger partial charge on any atom is -0.496 e. The molecule has 162 valence electrons. The van der Waals surface area contributed by atoms with Gasteiger partial charge in [-0.1, -0.05) is 23.4 Å². The first-order valence-electron chi connectivity index (χ1n) is 10.2. The Morgan fingerprint density at radius 3 is 2.74 bits per heavy atom. The Kier molecular flexibility index (Phi) is 6.95.